The van der Waals surface area contributed by atoms with Crippen molar-refractivity contribution in [3.05, 3.63) is 0 Å². The summed E-state index contributed by atoms with van der Waals surface area (Å²) in [4.78, 5) is 5.31. The minimum Gasteiger partial charge on any atom is -0.301 e. The average Bonchev–Trinajstić information content (AvgIpc) is 2.78. The highest BCUT2D eigenvalue weighted by atomic mass is 16.6. The van der Waals surface area contributed by atoms with Gasteiger partial charge in [0.1, 0.15) is 0 Å². The van der Waals surface area contributed by atoms with Crippen LogP contribution in [0.4, 0.5) is 0 Å². The van der Waals surface area contributed by atoms with Crippen molar-refractivity contribution in [3.8, 4) is 0 Å². The highest BCUT2D eigenvalue weighted by Gasteiger charge is 2.37. The summed E-state index contributed by atoms with van der Waals surface area (Å²) >= 11 is 0. The SMILES string of the molecule is CC1CCC(C(ON)C2CCC(C)C2)C1. The fourth-order valence-electron chi connectivity index (χ4n) is 3.71. The molecule has 4 atom stereocenters. The Balaban J connectivity index is 1.92. The van der Waals surface area contributed by atoms with E-state index in [1.165, 1.54) is 38.5 Å². The molecule has 88 valence electrons. The van der Waals surface area contributed by atoms with Crippen molar-refractivity contribution >= 4 is 0 Å². The normalized spacial score (nSPS) is 43.4. The van der Waals surface area contributed by atoms with Crippen LogP contribution in [0, 0.1) is 23.7 Å². The molecule has 15 heavy (non-hydrogen) atoms. The number of rotatable bonds is 3. The van der Waals surface area contributed by atoms with E-state index in [9.17, 15) is 0 Å². The first-order chi connectivity index (χ1) is 7.20. The molecule has 4 unspecified atom stereocenters. The van der Waals surface area contributed by atoms with Crippen LogP contribution in [0.3, 0.4) is 0 Å². The molecule has 2 nitrogen and oxygen atoms in total. The molecule has 2 N–H and O–H groups in total. The van der Waals surface area contributed by atoms with E-state index in [-0.39, 0.29) is 0 Å². The van der Waals surface area contributed by atoms with Crippen molar-refractivity contribution < 1.29 is 4.84 Å². The van der Waals surface area contributed by atoms with Gasteiger partial charge in [-0.05, 0) is 49.4 Å². The highest BCUT2D eigenvalue weighted by molar-refractivity contribution is 4.87. The first kappa shape index (κ1) is 11.4. The topological polar surface area (TPSA) is 35.2 Å². The molecule has 2 fully saturated rings. The van der Waals surface area contributed by atoms with E-state index in [1.54, 1.807) is 0 Å². The van der Waals surface area contributed by atoms with E-state index in [1.807, 2.05) is 0 Å². The minimum absolute atomic E-state index is 0.347. The molecule has 0 spiro atoms. The Morgan fingerprint density at radius 1 is 0.933 bits per heavy atom. The lowest BCUT2D eigenvalue weighted by molar-refractivity contribution is -0.0273. The standard InChI is InChI=1S/C13H25NO/c1-9-3-5-11(7-9)13(15-14)12-6-4-10(2)8-12/h9-13H,3-8,14H2,1-2H3. The average molecular weight is 211 g/mol. The molecule has 0 aromatic rings. The molecule has 2 aliphatic carbocycles. The van der Waals surface area contributed by atoms with Gasteiger partial charge in [0.15, 0.2) is 0 Å². The number of hydrogen-bond donors (Lipinski definition) is 1. The Morgan fingerprint density at radius 3 is 1.67 bits per heavy atom. The van der Waals surface area contributed by atoms with Gasteiger partial charge >= 0.3 is 0 Å². The lowest BCUT2D eigenvalue weighted by Gasteiger charge is -2.27. The molecule has 0 bridgehead atoms. The molecule has 2 aliphatic rings. The summed E-state index contributed by atoms with van der Waals surface area (Å²) in [5, 5.41) is 0. The summed E-state index contributed by atoms with van der Waals surface area (Å²) in [5.74, 6) is 8.76. The zero-order valence-electron chi connectivity index (χ0n) is 10.1. The van der Waals surface area contributed by atoms with Gasteiger partial charge in [0.05, 0.1) is 6.10 Å². The van der Waals surface area contributed by atoms with Crippen LogP contribution in [0.1, 0.15) is 52.4 Å². The van der Waals surface area contributed by atoms with Crippen molar-refractivity contribution in [2.45, 2.75) is 58.5 Å². The monoisotopic (exact) mass is 211 g/mol. The Hall–Kier alpha value is -0.0800. The zero-order valence-corrected chi connectivity index (χ0v) is 10.1. The first-order valence-corrected chi connectivity index (χ1v) is 6.56. The third kappa shape index (κ3) is 2.54. The Bertz CT molecular complexity index is 187. The molecule has 0 radical (unpaired) electrons. The predicted octanol–water partition coefficient (Wildman–Crippen LogP) is 3.12. The second-order valence-corrected chi connectivity index (χ2v) is 5.96. The van der Waals surface area contributed by atoms with Gasteiger partial charge in [0, 0.05) is 0 Å². The zero-order chi connectivity index (χ0) is 10.8. The molecular formula is C13H25NO. The summed E-state index contributed by atoms with van der Waals surface area (Å²) in [6.45, 7) is 4.70. The quantitative estimate of drug-likeness (QED) is 0.728. The minimum atomic E-state index is 0.347. The van der Waals surface area contributed by atoms with Crippen molar-refractivity contribution in [1.82, 2.24) is 0 Å². The van der Waals surface area contributed by atoms with Crippen molar-refractivity contribution in [3.63, 3.8) is 0 Å². The molecule has 2 rings (SSSR count). The van der Waals surface area contributed by atoms with Crippen LogP contribution in [0.15, 0.2) is 0 Å². The maximum atomic E-state index is 5.52. The molecule has 0 aromatic heterocycles. The summed E-state index contributed by atoms with van der Waals surface area (Å²) in [6.07, 6.45) is 8.39. The van der Waals surface area contributed by atoms with E-state index < -0.39 is 0 Å². The summed E-state index contributed by atoms with van der Waals surface area (Å²) in [5.41, 5.74) is 0. The third-order valence-electron chi connectivity index (χ3n) is 4.56. The maximum Gasteiger partial charge on any atom is 0.0843 e. The van der Waals surface area contributed by atoms with Crippen LogP contribution < -0.4 is 5.90 Å². The van der Waals surface area contributed by atoms with Gasteiger partial charge in [0.25, 0.3) is 0 Å². The second kappa shape index (κ2) is 4.84. The van der Waals surface area contributed by atoms with E-state index in [4.69, 9.17) is 10.7 Å². The molecule has 0 aromatic carbocycles. The van der Waals surface area contributed by atoms with Crippen molar-refractivity contribution in [2.24, 2.45) is 29.6 Å². The van der Waals surface area contributed by atoms with Crippen LogP contribution in [0.25, 0.3) is 0 Å². The Labute approximate surface area is 93.5 Å². The van der Waals surface area contributed by atoms with E-state index in [0.717, 1.165) is 23.7 Å². The van der Waals surface area contributed by atoms with Crippen molar-refractivity contribution in [2.75, 3.05) is 0 Å². The van der Waals surface area contributed by atoms with E-state index in [2.05, 4.69) is 13.8 Å². The molecule has 2 saturated carbocycles. The smallest absolute Gasteiger partial charge is 0.0843 e. The molecule has 0 amide bonds. The molecule has 0 aliphatic heterocycles. The van der Waals surface area contributed by atoms with Crippen LogP contribution in [-0.2, 0) is 4.84 Å². The van der Waals surface area contributed by atoms with Gasteiger partial charge in [-0.1, -0.05) is 26.7 Å². The fourth-order valence-corrected chi connectivity index (χ4v) is 3.71. The molecule has 2 heteroatoms. The largest absolute Gasteiger partial charge is 0.301 e. The van der Waals surface area contributed by atoms with Crippen LogP contribution in [-0.4, -0.2) is 6.10 Å². The van der Waals surface area contributed by atoms with Gasteiger partial charge in [-0.3, -0.25) is 0 Å². The highest BCUT2D eigenvalue weighted by Crippen LogP contribution is 2.41. The predicted molar refractivity (Wildman–Crippen MR) is 62.1 cm³/mol. The third-order valence-corrected chi connectivity index (χ3v) is 4.56. The van der Waals surface area contributed by atoms with Crippen molar-refractivity contribution in [1.29, 1.82) is 0 Å². The lowest BCUT2D eigenvalue weighted by Crippen LogP contribution is -2.32. The van der Waals surface area contributed by atoms with Crippen LogP contribution in [0.5, 0.6) is 0 Å². The van der Waals surface area contributed by atoms with Gasteiger partial charge in [-0.2, -0.15) is 0 Å². The van der Waals surface area contributed by atoms with Gasteiger partial charge in [-0.15, -0.1) is 0 Å². The first-order valence-electron chi connectivity index (χ1n) is 6.56. The summed E-state index contributed by atoms with van der Waals surface area (Å²) in [6, 6.07) is 0. The number of nitrogens with two attached hydrogens (primary N) is 1. The molecule has 0 heterocycles. The maximum absolute atomic E-state index is 5.52. The van der Waals surface area contributed by atoms with Gasteiger partial charge in [-0.25, -0.2) is 5.90 Å². The summed E-state index contributed by atoms with van der Waals surface area (Å²) in [7, 11) is 0. The summed E-state index contributed by atoms with van der Waals surface area (Å²) < 4.78 is 0. The Morgan fingerprint density at radius 2 is 1.40 bits per heavy atom. The molecular weight excluding hydrogens is 186 g/mol. The van der Waals surface area contributed by atoms with E-state index >= 15 is 0 Å². The number of hydrogen-bond acceptors (Lipinski definition) is 2. The van der Waals surface area contributed by atoms with E-state index in [0.29, 0.717) is 6.10 Å². The fraction of sp³-hybridized carbons (Fsp3) is 1.00. The van der Waals surface area contributed by atoms with Gasteiger partial charge < -0.3 is 4.84 Å². The van der Waals surface area contributed by atoms with Crippen LogP contribution >= 0.6 is 0 Å². The van der Waals surface area contributed by atoms with Crippen LogP contribution in [0.2, 0.25) is 0 Å². The van der Waals surface area contributed by atoms with Gasteiger partial charge in [0.2, 0.25) is 0 Å². The lowest BCUT2D eigenvalue weighted by atomic mass is 9.87. The molecule has 0 saturated heterocycles. The second-order valence-electron chi connectivity index (χ2n) is 5.96. The Kier molecular flexibility index (Phi) is 3.68.